The van der Waals surface area contributed by atoms with Crippen molar-refractivity contribution in [2.45, 2.75) is 43.7 Å². The number of amides is 1. The number of carbonyl (C=O) groups excluding carboxylic acids is 1. The number of halogens is 2. The van der Waals surface area contributed by atoms with Crippen molar-refractivity contribution in [1.82, 2.24) is 20.1 Å². The molecule has 0 saturated heterocycles. The van der Waals surface area contributed by atoms with Crippen LogP contribution in [0, 0.1) is 23.6 Å². The van der Waals surface area contributed by atoms with Crippen LogP contribution in [0.5, 0.6) is 0 Å². The number of aryl methyl sites for hydroxylation is 1. The van der Waals surface area contributed by atoms with Gasteiger partial charge in [0.25, 0.3) is 5.91 Å². The predicted octanol–water partition coefficient (Wildman–Crippen LogP) is 3.04. The van der Waals surface area contributed by atoms with E-state index in [1.54, 1.807) is 14.1 Å². The van der Waals surface area contributed by atoms with Crippen LogP contribution in [0.3, 0.4) is 0 Å². The van der Waals surface area contributed by atoms with Crippen LogP contribution in [-0.2, 0) is 7.05 Å². The van der Waals surface area contributed by atoms with Gasteiger partial charge in [0.05, 0.1) is 5.60 Å². The van der Waals surface area contributed by atoms with Gasteiger partial charge in [0.2, 0.25) is 0 Å². The Morgan fingerprint density at radius 1 is 1.37 bits per heavy atom. The van der Waals surface area contributed by atoms with Crippen molar-refractivity contribution in [3.63, 3.8) is 0 Å². The van der Waals surface area contributed by atoms with Crippen molar-refractivity contribution in [2.24, 2.45) is 24.8 Å². The molecule has 0 spiro atoms. The molecule has 4 aliphatic rings. The fourth-order valence-electron chi connectivity index (χ4n) is 6.16. The van der Waals surface area contributed by atoms with E-state index in [2.05, 4.69) is 15.4 Å². The molecule has 0 aromatic carbocycles. The molecule has 4 aliphatic carbocycles. The van der Waals surface area contributed by atoms with Gasteiger partial charge < -0.3 is 15.3 Å². The Hall–Kier alpha value is -2.19. The Morgan fingerprint density at radius 3 is 2.70 bits per heavy atom. The first-order valence-electron chi connectivity index (χ1n) is 10.4. The van der Waals surface area contributed by atoms with Crippen LogP contribution in [0.2, 0.25) is 5.02 Å². The van der Waals surface area contributed by atoms with Gasteiger partial charge in [-0.2, -0.15) is 5.10 Å². The van der Waals surface area contributed by atoms with Gasteiger partial charge in [-0.25, -0.2) is 9.37 Å². The zero-order valence-corrected chi connectivity index (χ0v) is 17.7. The van der Waals surface area contributed by atoms with E-state index in [1.807, 2.05) is 0 Å². The second-order valence-corrected chi connectivity index (χ2v) is 9.55. The summed E-state index contributed by atoms with van der Waals surface area (Å²) in [6.07, 6.45) is 5.97. The first-order valence-corrected chi connectivity index (χ1v) is 10.7. The van der Waals surface area contributed by atoms with Crippen molar-refractivity contribution in [3.8, 4) is 0 Å². The van der Waals surface area contributed by atoms with Crippen LogP contribution in [0.1, 0.15) is 42.6 Å². The zero-order valence-electron chi connectivity index (χ0n) is 17.0. The maximum atomic E-state index is 14.2. The molecule has 2 aromatic heterocycles. The Labute approximate surface area is 179 Å². The van der Waals surface area contributed by atoms with E-state index < -0.39 is 11.4 Å². The molecule has 7 nitrogen and oxygen atoms in total. The smallest absolute Gasteiger partial charge is 0.273 e. The fraction of sp³-hybridized carbons (Fsp3) is 0.571. The highest BCUT2D eigenvalue weighted by Crippen LogP contribution is 2.55. The van der Waals surface area contributed by atoms with Gasteiger partial charge in [-0.1, -0.05) is 11.6 Å². The molecule has 0 radical (unpaired) electrons. The second-order valence-electron chi connectivity index (χ2n) is 9.17. The van der Waals surface area contributed by atoms with Gasteiger partial charge in [-0.3, -0.25) is 9.48 Å². The number of anilines is 2. The van der Waals surface area contributed by atoms with Crippen LogP contribution in [0.15, 0.2) is 18.3 Å². The normalized spacial score (nSPS) is 31.8. The minimum absolute atomic E-state index is 0.0295. The maximum absolute atomic E-state index is 14.2. The number of rotatable bonds is 4. The zero-order chi connectivity index (χ0) is 21.2. The lowest BCUT2D eigenvalue weighted by Gasteiger charge is -2.58. The summed E-state index contributed by atoms with van der Waals surface area (Å²) in [5.41, 5.74) is -0.437. The fourth-order valence-corrected chi connectivity index (χ4v) is 6.53. The van der Waals surface area contributed by atoms with E-state index >= 15 is 0 Å². The second kappa shape index (κ2) is 6.92. The molecule has 2 aromatic rings. The molecule has 4 saturated carbocycles. The summed E-state index contributed by atoms with van der Waals surface area (Å²) in [5, 5.41) is 18.4. The van der Waals surface area contributed by atoms with Crippen LogP contribution in [0.4, 0.5) is 16.0 Å². The molecule has 2 heterocycles. The van der Waals surface area contributed by atoms with Crippen molar-refractivity contribution in [3.05, 3.63) is 34.9 Å². The largest absolute Gasteiger partial charge is 0.390 e. The monoisotopic (exact) mass is 433 g/mol. The van der Waals surface area contributed by atoms with Gasteiger partial charge in [-0.15, -0.1) is 0 Å². The molecule has 2 atom stereocenters. The number of pyridine rings is 1. The first-order chi connectivity index (χ1) is 14.3. The van der Waals surface area contributed by atoms with E-state index in [9.17, 15) is 14.3 Å². The molecule has 4 bridgehead atoms. The molecule has 4 fully saturated rings. The van der Waals surface area contributed by atoms with Crippen molar-refractivity contribution in [2.75, 3.05) is 11.9 Å². The molecule has 0 aliphatic heterocycles. The van der Waals surface area contributed by atoms with E-state index in [0.29, 0.717) is 11.7 Å². The lowest BCUT2D eigenvalue weighted by atomic mass is 9.52. The lowest BCUT2D eigenvalue weighted by molar-refractivity contribution is -0.136. The highest BCUT2D eigenvalue weighted by Gasteiger charge is 2.55. The molecule has 9 heteroatoms. The summed E-state index contributed by atoms with van der Waals surface area (Å²) < 4.78 is 15.6. The van der Waals surface area contributed by atoms with Crippen LogP contribution in [-0.4, -0.2) is 44.5 Å². The molecule has 6 rings (SSSR count). The number of aromatic nitrogens is 3. The minimum Gasteiger partial charge on any atom is -0.390 e. The van der Waals surface area contributed by atoms with E-state index in [1.165, 1.54) is 27.9 Å². The number of nitrogens with zero attached hydrogens (tertiary/aromatic N) is 4. The van der Waals surface area contributed by atoms with Gasteiger partial charge >= 0.3 is 0 Å². The number of hydrogen-bond donors (Lipinski definition) is 2. The Kier molecular flexibility index (Phi) is 4.56. The van der Waals surface area contributed by atoms with E-state index in [0.717, 1.165) is 32.1 Å². The van der Waals surface area contributed by atoms with E-state index in [4.69, 9.17) is 11.6 Å². The van der Waals surface area contributed by atoms with Gasteiger partial charge in [0.1, 0.15) is 5.02 Å². The standard InChI is InChI=1S/C21H25ClFN5O2/c1-27(18-14(23)4-3-5-24-18)20-15(22)17(26-28(20)2)19(29)25-16-12-6-11-7-13(16)10-21(30,8-11)9-12/h3-5,11-13,16,30H,6-10H2,1-2H3,(H,25,29). The van der Waals surface area contributed by atoms with Crippen LogP contribution < -0.4 is 10.2 Å². The molecular weight excluding hydrogens is 409 g/mol. The average Bonchev–Trinajstić information content (AvgIpc) is 2.97. The summed E-state index contributed by atoms with van der Waals surface area (Å²) >= 11 is 6.54. The highest BCUT2D eigenvalue weighted by atomic mass is 35.5. The van der Waals surface area contributed by atoms with Crippen LogP contribution in [0.25, 0.3) is 0 Å². The lowest BCUT2D eigenvalue weighted by Crippen LogP contribution is -2.61. The van der Waals surface area contributed by atoms with Gasteiger partial charge in [0.15, 0.2) is 23.1 Å². The summed E-state index contributed by atoms with van der Waals surface area (Å²) in [5.74, 6) is 0.806. The quantitative estimate of drug-likeness (QED) is 0.774. The third-order valence-electron chi connectivity index (χ3n) is 7.09. The number of hydrogen-bond acceptors (Lipinski definition) is 5. The number of carbonyl (C=O) groups is 1. The number of nitrogens with one attached hydrogen (secondary N) is 1. The van der Waals surface area contributed by atoms with E-state index in [-0.39, 0.29) is 40.3 Å². The van der Waals surface area contributed by atoms with Crippen molar-refractivity contribution >= 4 is 29.1 Å². The third kappa shape index (κ3) is 3.08. The molecule has 30 heavy (non-hydrogen) atoms. The molecule has 2 N–H and O–H groups in total. The summed E-state index contributed by atoms with van der Waals surface area (Å²) in [6, 6.07) is 2.86. The maximum Gasteiger partial charge on any atom is 0.273 e. The van der Waals surface area contributed by atoms with Crippen LogP contribution >= 0.6 is 11.6 Å². The SMILES string of the molecule is CN(c1ncccc1F)c1c(Cl)c(C(=O)NC2C3CC4CC2CC(O)(C4)C3)nn1C. The topological polar surface area (TPSA) is 83.3 Å². The average molecular weight is 434 g/mol. The highest BCUT2D eigenvalue weighted by molar-refractivity contribution is 6.36. The molecular formula is C21H25ClFN5O2. The Balaban J connectivity index is 1.39. The number of aliphatic hydroxyl groups is 1. The summed E-state index contributed by atoms with van der Waals surface area (Å²) in [4.78, 5) is 18.6. The summed E-state index contributed by atoms with van der Waals surface area (Å²) in [6.45, 7) is 0. The Morgan fingerprint density at radius 2 is 2.07 bits per heavy atom. The van der Waals surface area contributed by atoms with Crippen molar-refractivity contribution in [1.29, 1.82) is 0 Å². The van der Waals surface area contributed by atoms with Crippen molar-refractivity contribution < 1.29 is 14.3 Å². The molecule has 160 valence electrons. The van der Waals surface area contributed by atoms with Gasteiger partial charge in [0, 0.05) is 26.3 Å². The molecule has 1 amide bonds. The minimum atomic E-state index is -0.553. The summed E-state index contributed by atoms with van der Waals surface area (Å²) in [7, 11) is 3.29. The predicted molar refractivity (Wildman–Crippen MR) is 110 cm³/mol. The molecule has 2 unspecified atom stereocenters. The Bertz CT molecular complexity index is 995. The third-order valence-corrected chi connectivity index (χ3v) is 7.44. The first kappa shape index (κ1) is 19.8. The van der Waals surface area contributed by atoms with Gasteiger partial charge in [-0.05, 0) is 62.0 Å².